The van der Waals surface area contributed by atoms with Gasteiger partial charge in [0.25, 0.3) is 11.8 Å². The van der Waals surface area contributed by atoms with E-state index in [4.69, 9.17) is 8.83 Å². The van der Waals surface area contributed by atoms with Gasteiger partial charge in [0.15, 0.2) is 0 Å². The molecule has 0 aromatic carbocycles. The number of hydrogen-bond acceptors (Lipinski definition) is 7. The largest absolute Gasteiger partial charge is 0.427 e. The average Bonchev–Trinajstić information content (AvgIpc) is 3.42. The van der Waals surface area contributed by atoms with E-state index in [0.717, 1.165) is 36.3 Å². The van der Waals surface area contributed by atoms with E-state index in [1.807, 2.05) is 11.4 Å². The lowest BCUT2D eigenvalue weighted by Gasteiger charge is -2.27. The van der Waals surface area contributed by atoms with Gasteiger partial charge in [-0.1, -0.05) is 39.0 Å². The minimum Gasteiger partial charge on any atom is -0.427 e. The predicted octanol–water partition coefficient (Wildman–Crippen LogP) is 5.48. The maximum Gasteiger partial charge on any atom is 0.336 e. The van der Waals surface area contributed by atoms with Gasteiger partial charge in [-0.2, -0.15) is 0 Å². The molecule has 8 nitrogen and oxygen atoms in total. The lowest BCUT2D eigenvalue weighted by atomic mass is 9.79. The molecule has 2 aliphatic heterocycles. The highest BCUT2D eigenvalue weighted by molar-refractivity contribution is 7.09. The van der Waals surface area contributed by atoms with Gasteiger partial charge in [0, 0.05) is 41.2 Å². The number of carbonyl (C=O) groups is 2. The van der Waals surface area contributed by atoms with Gasteiger partial charge in [0.1, 0.15) is 11.5 Å². The maximum absolute atomic E-state index is 12.2. The third kappa shape index (κ3) is 7.07. The second-order valence-electron chi connectivity index (χ2n) is 11.5. The van der Waals surface area contributed by atoms with E-state index in [9.17, 15) is 19.2 Å². The van der Waals surface area contributed by atoms with Gasteiger partial charge in [-0.25, -0.2) is 9.59 Å². The molecule has 1 saturated carbocycles. The lowest BCUT2D eigenvalue weighted by molar-refractivity contribution is 0.0943. The Labute approximate surface area is 248 Å². The maximum atomic E-state index is 12.2. The van der Waals surface area contributed by atoms with E-state index in [0.29, 0.717) is 59.2 Å². The Hall–Kier alpha value is -3.98. The minimum absolute atomic E-state index is 0.191. The summed E-state index contributed by atoms with van der Waals surface area (Å²) in [4.78, 5) is 49.0. The Morgan fingerprint density at radius 1 is 0.833 bits per heavy atom. The smallest absolute Gasteiger partial charge is 0.336 e. The first-order valence-corrected chi connectivity index (χ1v) is 15.4. The topological polar surface area (TPSA) is 119 Å². The van der Waals surface area contributed by atoms with E-state index in [-0.39, 0.29) is 17.4 Å². The van der Waals surface area contributed by atoms with Crippen LogP contribution in [-0.2, 0) is 32.1 Å². The zero-order chi connectivity index (χ0) is 29.8. The fourth-order valence-electron chi connectivity index (χ4n) is 6.02. The van der Waals surface area contributed by atoms with Crippen molar-refractivity contribution in [1.82, 2.24) is 10.6 Å². The van der Waals surface area contributed by atoms with Crippen LogP contribution in [0.4, 0.5) is 0 Å². The van der Waals surface area contributed by atoms with Crippen LogP contribution < -0.4 is 21.9 Å². The Balaban J connectivity index is 0.000000168. The van der Waals surface area contributed by atoms with Gasteiger partial charge >= 0.3 is 11.3 Å². The SMILES string of the molecule is C=C1Cc2oc(=O)cc(CC3CCC(C)CC3)c2C(=O)N1.C=C1Cc2oc(=O)cc(CCCc3cccs3)c2C(=O)N1. The highest BCUT2D eigenvalue weighted by atomic mass is 32.1. The van der Waals surface area contributed by atoms with Crippen molar-refractivity contribution in [3.05, 3.63) is 114 Å². The van der Waals surface area contributed by atoms with Crippen molar-refractivity contribution in [2.75, 3.05) is 0 Å². The Bertz CT molecular complexity index is 1620. The predicted molar refractivity (Wildman–Crippen MR) is 162 cm³/mol. The van der Waals surface area contributed by atoms with E-state index < -0.39 is 5.63 Å². The molecule has 42 heavy (non-hydrogen) atoms. The number of fused-ring (bicyclic) bond motifs is 2. The molecule has 0 spiro atoms. The number of nitrogens with one attached hydrogen (secondary N) is 2. The second kappa shape index (κ2) is 12.9. The molecule has 6 rings (SSSR count). The molecule has 0 saturated heterocycles. The van der Waals surface area contributed by atoms with Crippen LogP contribution in [0.15, 0.2) is 72.6 Å². The number of amides is 2. The summed E-state index contributed by atoms with van der Waals surface area (Å²) in [5.74, 6) is 1.84. The van der Waals surface area contributed by atoms with Crippen molar-refractivity contribution in [2.45, 2.75) is 71.1 Å². The molecule has 5 heterocycles. The summed E-state index contributed by atoms with van der Waals surface area (Å²) in [5, 5.41) is 7.50. The fourth-order valence-corrected chi connectivity index (χ4v) is 6.77. The molecule has 0 atom stereocenters. The number of carbonyl (C=O) groups excluding carboxylic acids is 2. The van der Waals surface area contributed by atoms with Crippen LogP contribution in [0.5, 0.6) is 0 Å². The van der Waals surface area contributed by atoms with Crippen LogP contribution >= 0.6 is 11.3 Å². The molecule has 2 N–H and O–H groups in total. The van der Waals surface area contributed by atoms with Crippen molar-refractivity contribution in [2.24, 2.45) is 11.8 Å². The van der Waals surface area contributed by atoms with Crippen molar-refractivity contribution >= 4 is 23.2 Å². The van der Waals surface area contributed by atoms with Crippen molar-refractivity contribution in [3.8, 4) is 0 Å². The third-order valence-electron chi connectivity index (χ3n) is 8.11. The Morgan fingerprint density at radius 3 is 1.98 bits per heavy atom. The average molecular weight is 589 g/mol. The zero-order valence-electron chi connectivity index (χ0n) is 23.9. The lowest BCUT2D eigenvalue weighted by Crippen LogP contribution is -2.32. The van der Waals surface area contributed by atoms with Gasteiger partial charge < -0.3 is 19.5 Å². The van der Waals surface area contributed by atoms with Gasteiger partial charge in [-0.3, -0.25) is 9.59 Å². The normalized spacial score (nSPS) is 19.6. The molecule has 1 fully saturated rings. The molecule has 3 aromatic rings. The summed E-state index contributed by atoms with van der Waals surface area (Å²) in [6.07, 6.45) is 8.92. The summed E-state index contributed by atoms with van der Waals surface area (Å²) in [6, 6.07) is 7.04. The number of hydrogen-bond donors (Lipinski definition) is 2. The third-order valence-corrected chi connectivity index (χ3v) is 9.04. The van der Waals surface area contributed by atoms with Gasteiger partial charge in [0.2, 0.25) is 0 Å². The molecule has 0 unspecified atom stereocenters. The summed E-state index contributed by atoms with van der Waals surface area (Å²) in [6.45, 7) is 9.76. The summed E-state index contributed by atoms with van der Waals surface area (Å²) in [5.41, 5.74) is 3.05. The standard InChI is InChI=1S/C17H21NO3.C16H15NO3S/c1-10-3-5-12(6-4-10)8-13-9-15(19)21-14-7-11(2)18-17(20)16(13)14;1-10-8-13-15(16(19)17-10)11(9-14(18)20-13)4-2-5-12-6-3-7-21-12/h9-10,12H,2-8H2,1H3,(H,18,20);3,6-7,9H,1-2,4-5,8H2,(H,17,19). The monoisotopic (exact) mass is 588 g/mol. The van der Waals surface area contributed by atoms with Crippen LogP contribution in [0.2, 0.25) is 0 Å². The first-order chi connectivity index (χ1) is 20.2. The van der Waals surface area contributed by atoms with Crippen LogP contribution in [0, 0.1) is 11.8 Å². The summed E-state index contributed by atoms with van der Waals surface area (Å²) in [7, 11) is 0. The van der Waals surface area contributed by atoms with Crippen molar-refractivity contribution < 1.29 is 18.4 Å². The molecule has 9 heteroatoms. The molecule has 2 amide bonds. The van der Waals surface area contributed by atoms with E-state index in [2.05, 4.69) is 36.8 Å². The van der Waals surface area contributed by atoms with Crippen molar-refractivity contribution in [3.63, 3.8) is 0 Å². The van der Waals surface area contributed by atoms with Gasteiger partial charge in [-0.05, 0) is 72.9 Å². The van der Waals surface area contributed by atoms with Gasteiger partial charge in [-0.15, -0.1) is 11.3 Å². The first kappa shape index (κ1) is 29.5. The molecular weight excluding hydrogens is 552 g/mol. The molecule has 3 aromatic heterocycles. The van der Waals surface area contributed by atoms with Gasteiger partial charge in [0.05, 0.1) is 11.1 Å². The highest BCUT2D eigenvalue weighted by Crippen LogP contribution is 2.32. The number of aryl methyl sites for hydroxylation is 2. The molecule has 0 bridgehead atoms. The molecule has 0 radical (unpaired) electrons. The molecular formula is C33H36N2O6S. The quantitative estimate of drug-likeness (QED) is 0.394. The van der Waals surface area contributed by atoms with Crippen molar-refractivity contribution in [1.29, 1.82) is 0 Å². The van der Waals surface area contributed by atoms with Crippen LogP contribution in [0.3, 0.4) is 0 Å². The number of thiophene rings is 1. The van der Waals surface area contributed by atoms with Crippen LogP contribution in [0.25, 0.3) is 0 Å². The fraction of sp³-hybridized carbons (Fsp3) is 0.394. The first-order valence-electron chi connectivity index (χ1n) is 14.5. The zero-order valence-corrected chi connectivity index (χ0v) is 24.7. The van der Waals surface area contributed by atoms with E-state index >= 15 is 0 Å². The van der Waals surface area contributed by atoms with Crippen LogP contribution in [0.1, 0.15) is 87.3 Å². The highest BCUT2D eigenvalue weighted by Gasteiger charge is 2.28. The summed E-state index contributed by atoms with van der Waals surface area (Å²) >= 11 is 1.72. The van der Waals surface area contributed by atoms with E-state index in [1.54, 1.807) is 11.3 Å². The molecule has 220 valence electrons. The minimum atomic E-state index is -0.401. The second-order valence-corrected chi connectivity index (χ2v) is 12.5. The number of allylic oxidation sites excluding steroid dienone is 2. The molecule has 3 aliphatic rings. The Kier molecular flexibility index (Phi) is 9.06. The summed E-state index contributed by atoms with van der Waals surface area (Å²) < 4.78 is 10.4. The van der Waals surface area contributed by atoms with Crippen LogP contribution in [-0.4, -0.2) is 11.8 Å². The number of rotatable bonds is 6. The van der Waals surface area contributed by atoms with E-state index in [1.165, 1.54) is 42.7 Å². The molecule has 1 aliphatic carbocycles. The Morgan fingerprint density at radius 2 is 1.40 bits per heavy atom.